The van der Waals surface area contributed by atoms with E-state index in [9.17, 15) is 4.79 Å². The number of hydrogen-bond donors (Lipinski definition) is 0. The first-order valence-electron chi connectivity index (χ1n) is 7.82. The van der Waals surface area contributed by atoms with Crippen molar-refractivity contribution in [1.82, 2.24) is 4.90 Å². The molecule has 0 rings (SSSR count). The van der Waals surface area contributed by atoms with E-state index >= 15 is 0 Å². The average molecular weight is 267 g/mol. The van der Waals surface area contributed by atoms with Gasteiger partial charge in [0.25, 0.3) is 0 Å². The summed E-state index contributed by atoms with van der Waals surface area (Å²) in [7, 11) is 4.04. The van der Waals surface area contributed by atoms with Crippen LogP contribution in [0, 0.1) is 5.41 Å². The Morgan fingerprint density at radius 1 is 1.05 bits per heavy atom. The molecule has 0 aromatic carbocycles. The molecule has 19 heavy (non-hydrogen) atoms. The number of unbranched alkanes of at least 4 members (excludes halogenated alkanes) is 3. The largest absolute Gasteiger partial charge is 0.306 e. The van der Waals surface area contributed by atoms with Crippen LogP contribution in [0.4, 0.5) is 0 Å². The fraction of sp³-hybridized carbons (Fsp3) is 0.824. The minimum absolute atomic E-state index is 0.145. The Labute approximate surface area is 120 Å². The van der Waals surface area contributed by atoms with Crippen molar-refractivity contribution in [1.29, 1.82) is 0 Å². The van der Waals surface area contributed by atoms with Crippen molar-refractivity contribution < 1.29 is 4.79 Å². The maximum atomic E-state index is 12.4. The van der Waals surface area contributed by atoms with Crippen LogP contribution in [0.1, 0.15) is 65.7 Å². The highest BCUT2D eigenvalue weighted by atomic mass is 16.1. The highest BCUT2D eigenvalue weighted by molar-refractivity contribution is 5.94. The van der Waals surface area contributed by atoms with E-state index in [1.807, 2.05) is 26.2 Å². The third kappa shape index (κ3) is 8.20. The van der Waals surface area contributed by atoms with Crippen molar-refractivity contribution in [2.45, 2.75) is 65.7 Å². The summed E-state index contributed by atoms with van der Waals surface area (Å²) in [6.45, 7) is 7.40. The number of likely N-dealkylation sites (N-methyl/N-ethyl adjacent to an activating group) is 1. The van der Waals surface area contributed by atoms with Crippen LogP contribution in [-0.2, 0) is 4.79 Å². The fourth-order valence-electron chi connectivity index (χ4n) is 2.28. The zero-order valence-electron chi connectivity index (χ0n) is 13.7. The molecule has 0 radical (unpaired) electrons. The molecule has 0 amide bonds. The van der Waals surface area contributed by atoms with Crippen LogP contribution in [-0.4, -0.2) is 31.3 Å². The van der Waals surface area contributed by atoms with Crippen molar-refractivity contribution in [3.05, 3.63) is 12.2 Å². The second-order valence-electron chi connectivity index (χ2n) is 6.15. The zero-order valence-corrected chi connectivity index (χ0v) is 13.7. The van der Waals surface area contributed by atoms with Gasteiger partial charge >= 0.3 is 0 Å². The minimum atomic E-state index is -0.145. The van der Waals surface area contributed by atoms with Crippen molar-refractivity contribution >= 4 is 5.78 Å². The predicted octanol–water partition coefficient (Wildman–Crippen LogP) is 4.45. The summed E-state index contributed by atoms with van der Waals surface area (Å²) in [5.41, 5.74) is -0.145. The highest BCUT2D eigenvalue weighted by Crippen LogP contribution is 2.32. The van der Waals surface area contributed by atoms with Gasteiger partial charge in [-0.25, -0.2) is 0 Å². The van der Waals surface area contributed by atoms with Crippen molar-refractivity contribution in [2.24, 2.45) is 5.41 Å². The Bertz CT molecular complexity index is 270. The van der Waals surface area contributed by atoms with E-state index < -0.39 is 0 Å². The van der Waals surface area contributed by atoms with E-state index in [-0.39, 0.29) is 5.41 Å². The number of carbonyl (C=O) groups excluding carboxylic acids is 1. The van der Waals surface area contributed by atoms with Crippen LogP contribution in [0.2, 0.25) is 0 Å². The van der Waals surface area contributed by atoms with Gasteiger partial charge in [-0.3, -0.25) is 4.79 Å². The van der Waals surface area contributed by atoms with E-state index in [0.717, 1.165) is 32.2 Å². The second-order valence-corrected chi connectivity index (χ2v) is 6.15. The molecule has 0 bridgehead atoms. The topological polar surface area (TPSA) is 20.3 Å². The molecule has 1 atom stereocenters. The Hall–Kier alpha value is -0.630. The van der Waals surface area contributed by atoms with Crippen LogP contribution in [0.5, 0.6) is 0 Å². The third-order valence-electron chi connectivity index (χ3n) is 3.75. The maximum Gasteiger partial charge on any atom is 0.161 e. The first-order chi connectivity index (χ1) is 8.96. The molecule has 112 valence electrons. The summed E-state index contributed by atoms with van der Waals surface area (Å²) in [6, 6.07) is 0. The molecule has 2 heteroatoms. The standard InChI is InChI=1S/C17H33NO/c1-6-8-10-14-17(3,13-9-7-2)16(19)12-11-15-18(4)5/h11-12H,6-10,13-15H2,1-5H3/b12-11+. The number of carbonyl (C=O) groups is 1. The highest BCUT2D eigenvalue weighted by Gasteiger charge is 2.29. The maximum absolute atomic E-state index is 12.4. The Kier molecular flexibility index (Phi) is 9.85. The lowest BCUT2D eigenvalue weighted by Crippen LogP contribution is -2.26. The van der Waals surface area contributed by atoms with Gasteiger partial charge < -0.3 is 4.90 Å². The lowest BCUT2D eigenvalue weighted by Gasteiger charge is -2.27. The summed E-state index contributed by atoms with van der Waals surface area (Å²) in [5.74, 6) is 0.318. The summed E-state index contributed by atoms with van der Waals surface area (Å²) in [6.07, 6.45) is 11.8. The third-order valence-corrected chi connectivity index (χ3v) is 3.75. The van der Waals surface area contributed by atoms with Gasteiger partial charge in [0.1, 0.15) is 0 Å². The van der Waals surface area contributed by atoms with Crippen LogP contribution in [0.25, 0.3) is 0 Å². The number of rotatable bonds is 11. The van der Waals surface area contributed by atoms with Crippen LogP contribution >= 0.6 is 0 Å². The van der Waals surface area contributed by atoms with E-state index in [0.29, 0.717) is 5.78 Å². The summed E-state index contributed by atoms with van der Waals surface area (Å²) in [5, 5.41) is 0. The Morgan fingerprint density at radius 2 is 1.63 bits per heavy atom. The lowest BCUT2D eigenvalue weighted by molar-refractivity contribution is -0.123. The van der Waals surface area contributed by atoms with Crippen molar-refractivity contribution in [3.63, 3.8) is 0 Å². The molecule has 0 fully saturated rings. The van der Waals surface area contributed by atoms with E-state index in [1.54, 1.807) is 0 Å². The molecule has 1 unspecified atom stereocenters. The normalized spacial score (nSPS) is 15.1. The molecular weight excluding hydrogens is 234 g/mol. The molecule has 0 heterocycles. The van der Waals surface area contributed by atoms with Gasteiger partial charge in [-0.2, -0.15) is 0 Å². The number of hydrogen-bond acceptors (Lipinski definition) is 2. The average Bonchev–Trinajstić information content (AvgIpc) is 2.36. The van der Waals surface area contributed by atoms with E-state index in [2.05, 4.69) is 25.7 Å². The Balaban J connectivity index is 4.52. The monoisotopic (exact) mass is 267 g/mol. The predicted molar refractivity (Wildman–Crippen MR) is 84.5 cm³/mol. The molecule has 0 aromatic heterocycles. The fourth-order valence-corrected chi connectivity index (χ4v) is 2.28. The molecule has 0 saturated carbocycles. The Morgan fingerprint density at radius 3 is 2.16 bits per heavy atom. The van der Waals surface area contributed by atoms with Crippen LogP contribution in [0.3, 0.4) is 0 Å². The molecular formula is C17H33NO. The van der Waals surface area contributed by atoms with Gasteiger partial charge in [-0.1, -0.05) is 59.0 Å². The summed E-state index contributed by atoms with van der Waals surface area (Å²) >= 11 is 0. The smallest absolute Gasteiger partial charge is 0.161 e. The zero-order chi connectivity index (χ0) is 14.7. The van der Waals surface area contributed by atoms with Gasteiger partial charge in [0, 0.05) is 12.0 Å². The minimum Gasteiger partial charge on any atom is -0.306 e. The van der Waals surface area contributed by atoms with Gasteiger partial charge in [0.2, 0.25) is 0 Å². The first-order valence-corrected chi connectivity index (χ1v) is 7.82. The molecule has 0 saturated heterocycles. The molecule has 0 aliphatic carbocycles. The van der Waals surface area contributed by atoms with Gasteiger partial charge in [0.15, 0.2) is 5.78 Å². The van der Waals surface area contributed by atoms with Crippen LogP contribution < -0.4 is 0 Å². The first kappa shape index (κ1) is 18.4. The SMILES string of the molecule is CCCCCC(C)(CCCC)C(=O)/C=C/CN(C)C. The summed E-state index contributed by atoms with van der Waals surface area (Å²) < 4.78 is 0. The van der Waals surface area contributed by atoms with Gasteiger partial charge in [-0.05, 0) is 33.0 Å². The van der Waals surface area contributed by atoms with Gasteiger partial charge in [0.05, 0.1) is 0 Å². The molecule has 0 aliphatic rings. The lowest BCUT2D eigenvalue weighted by atomic mass is 9.76. The summed E-state index contributed by atoms with van der Waals surface area (Å²) in [4.78, 5) is 14.5. The van der Waals surface area contributed by atoms with Crippen molar-refractivity contribution in [2.75, 3.05) is 20.6 Å². The van der Waals surface area contributed by atoms with Crippen LogP contribution in [0.15, 0.2) is 12.2 Å². The molecule has 0 aliphatic heterocycles. The number of nitrogens with zero attached hydrogens (tertiary/aromatic N) is 1. The number of allylic oxidation sites excluding steroid dienone is 1. The second kappa shape index (κ2) is 10.2. The van der Waals surface area contributed by atoms with Gasteiger partial charge in [-0.15, -0.1) is 0 Å². The quantitative estimate of drug-likeness (QED) is 0.407. The number of ketones is 1. The molecule has 0 aromatic rings. The molecule has 0 N–H and O–H groups in total. The van der Waals surface area contributed by atoms with Crippen molar-refractivity contribution in [3.8, 4) is 0 Å². The van der Waals surface area contributed by atoms with E-state index in [1.165, 1.54) is 19.3 Å². The molecule has 2 nitrogen and oxygen atoms in total. The van der Waals surface area contributed by atoms with E-state index in [4.69, 9.17) is 0 Å². The molecule has 0 spiro atoms.